The molecule has 0 spiro atoms. The van der Waals surface area contributed by atoms with Gasteiger partial charge in [-0.25, -0.2) is 14.6 Å². The molecule has 1 fully saturated rings. The first-order valence-electron chi connectivity index (χ1n) is 11.4. The number of ether oxygens (including phenoxy) is 1. The average molecular weight is 433 g/mol. The number of nitrogens with one attached hydrogen (secondary N) is 2. The zero-order valence-electron chi connectivity index (χ0n) is 18.9. The molecule has 0 saturated carbocycles. The van der Waals surface area contributed by atoms with E-state index < -0.39 is 23.7 Å². The largest absolute Gasteiger partial charge is 0.480 e. The van der Waals surface area contributed by atoms with Gasteiger partial charge in [-0.3, -0.25) is 0 Å². The van der Waals surface area contributed by atoms with E-state index in [4.69, 9.17) is 9.72 Å². The predicted molar refractivity (Wildman–Crippen MR) is 119 cm³/mol. The summed E-state index contributed by atoms with van der Waals surface area (Å²) in [6.45, 7) is 8.82. The van der Waals surface area contributed by atoms with Gasteiger partial charge in [0.15, 0.2) is 0 Å². The highest BCUT2D eigenvalue weighted by Gasteiger charge is 2.27. The van der Waals surface area contributed by atoms with Gasteiger partial charge in [0.25, 0.3) is 0 Å². The molecule has 31 heavy (non-hydrogen) atoms. The van der Waals surface area contributed by atoms with Crippen molar-refractivity contribution in [3.63, 3.8) is 0 Å². The minimum atomic E-state index is -1.03. The average Bonchev–Trinajstić information content (AvgIpc) is 3.15. The number of alkyl carbamates (subject to hydrolysis) is 1. The summed E-state index contributed by atoms with van der Waals surface area (Å²) in [6, 6.07) is 3.41. The molecule has 8 heteroatoms. The molecule has 0 aromatic carbocycles. The van der Waals surface area contributed by atoms with E-state index in [1.54, 1.807) is 20.8 Å². The molecule has 1 saturated heterocycles. The lowest BCUT2D eigenvalue weighted by Crippen LogP contribution is -2.45. The summed E-state index contributed by atoms with van der Waals surface area (Å²) in [7, 11) is 0. The van der Waals surface area contributed by atoms with Crippen molar-refractivity contribution in [2.45, 2.75) is 70.9 Å². The fourth-order valence-corrected chi connectivity index (χ4v) is 4.23. The molecule has 8 nitrogen and oxygen atoms in total. The van der Waals surface area contributed by atoms with Gasteiger partial charge in [-0.1, -0.05) is 6.07 Å². The molecule has 1 aromatic heterocycles. The smallest absolute Gasteiger partial charge is 0.408 e. The van der Waals surface area contributed by atoms with Gasteiger partial charge in [-0.05, 0) is 83.4 Å². The fraction of sp³-hybridized carbons (Fsp3) is 0.696. The zero-order chi connectivity index (χ0) is 22.4. The number of anilines is 1. The van der Waals surface area contributed by atoms with Crippen molar-refractivity contribution in [2.24, 2.45) is 5.92 Å². The fourth-order valence-electron chi connectivity index (χ4n) is 4.23. The molecule has 2 aliphatic heterocycles. The first-order valence-corrected chi connectivity index (χ1v) is 11.4. The molecule has 0 bridgehead atoms. The van der Waals surface area contributed by atoms with Gasteiger partial charge in [-0.2, -0.15) is 0 Å². The van der Waals surface area contributed by atoms with E-state index in [0.29, 0.717) is 18.9 Å². The molecule has 1 unspecified atom stereocenters. The van der Waals surface area contributed by atoms with Gasteiger partial charge < -0.3 is 25.4 Å². The maximum absolute atomic E-state index is 11.9. The Morgan fingerprint density at radius 3 is 2.94 bits per heavy atom. The van der Waals surface area contributed by atoms with Crippen LogP contribution in [-0.4, -0.2) is 64.9 Å². The molecule has 3 N–H and O–H groups in total. The van der Waals surface area contributed by atoms with Gasteiger partial charge in [0.1, 0.15) is 17.5 Å². The molecular weight excluding hydrogens is 396 g/mol. The Hall–Kier alpha value is -2.35. The highest BCUT2D eigenvalue weighted by Crippen LogP contribution is 2.24. The van der Waals surface area contributed by atoms with Crippen LogP contribution in [0.2, 0.25) is 0 Å². The monoisotopic (exact) mass is 432 g/mol. The second-order valence-electron chi connectivity index (χ2n) is 9.66. The Labute approximate surface area is 184 Å². The van der Waals surface area contributed by atoms with Gasteiger partial charge in [0, 0.05) is 25.3 Å². The molecule has 0 aliphatic carbocycles. The van der Waals surface area contributed by atoms with E-state index in [-0.39, 0.29) is 0 Å². The minimum Gasteiger partial charge on any atom is -0.480 e. The maximum Gasteiger partial charge on any atom is 0.408 e. The number of rotatable bonds is 8. The SMILES string of the molecule is CC(C)(C)OC(=O)NC(CCN1CC[C@H](CCc2ccc3c(n2)NCCC3)C1)C(=O)O. The summed E-state index contributed by atoms with van der Waals surface area (Å²) in [6.07, 6.45) is 5.10. The van der Waals surface area contributed by atoms with E-state index in [2.05, 4.69) is 27.7 Å². The second kappa shape index (κ2) is 10.3. The number of aromatic nitrogens is 1. The van der Waals surface area contributed by atoms with Gasteiger partial charge in [0.2, 0.25) is 0 Å². The van der Waals surface area contributed by atoms with Crippen molar-refractivity contribution in [1.82, 2.24) is 15.2 Å². The lowest BCUT2D eigenvalue weighted by Gasteiger charge is -2.23. The number of carbonyl (C=O) groups excluding carboxylic acids is 1. The Balaban J connectivity index is 1.41. The van der Waals surface area contributed by atoms with Crippen molar-refractivity contribution in [2.75, 3.05) is 31.5 Å². The maximum atomic E-state index is 11.9. The first kappa shape index (κ1) is 23.3. The molecular formula is C23H36N4O4. The lowest BCUT2D eigenvalue weighted by atomic mass is 10.00. The number of nitrogens with zero attached hydrogens (tertiary/aromatic N) is 2. The van der Waals surface area contributed by atoms with E-state index in [0.717, 1.165) is 56.8 Å². The molecule has 1 aromatic rings. The van der Waals surface area contributed by atoms with Crippen molar-refractivity contribution in [3.8, 4) is 0 Å². The third kappa shape index (κ3) is 7.38. The van der Waals surface area contributed by atoms with Crippen LogP contribution in [0.1, 0.15) is 57.7 Å². The van der Waals surface area contributed by atoms with Crippen LogP contribution in [0.4, 0.5) is 10.6 Å². The summed E-state index contributed by atoms with van der Waals surface area (Å²) in [5.41, 5.74) is 1.80. The number of carboxylic acids is 1. The normalized spacial score (nSPS) is 19.9. The third-order valence-electron chi connectivity index (χ3n) is 5.85. The molecule has 2 atom stereocenters. The van der Waals surface area contributed by atoms with Crippen LogP contribution in [0, 0.1) is 5.92 Å². The van der Waals surface area contributed by atoms with E-state index in [9.17, 15) is 14.7 Å². The number of aryl methyl sites for hydroxylation is 2. The number of carbonyl (C=O) groups is 2. The third-order valence-corrected chi connectivity index (χ3v) is 5.85. The van der Waals surface area contributed by atoms with Crippen LogP contribution >= 0.6 is 0 Å². The summed E-state index contributed by atoms with van der Waals surface area (Å²) in [5, 5.41) is 15.3. The number of amides is 1. The van der Waals surface area contributed by atoms with E-state index in [1.165, 1.54) is 12.0 Å². The number of hydrogen-bond donors (Lipinski definition) is 3. The Morgan fingerprint density at radius 1 is 1.39 bits per heavy atom. The topological polar surface area (TPSA) is 104 Å². The summed E-state index contributed by atoms with van der Waals surface area (Å²) in [5.74, 6) is 0.607. The van der Waals surface area contributed by atoms with Crippen LogP contribution in [0.25, 0.3) is 0 Å². The Morgan fingerprint density at radius 2 is 2.19 bits per heavy atom. The zero-order valence-corrected chi connectivity index (χ0v) is 18.9. The summed E-state index contributed by atoms with van der Waals surface area (Å²) in [4.78, 5) is 30.5. The first-order chi connectivity index (χ1) is 14.7. The Bertz CT molecular complexity index is 777. The highest BCUT2D eigenvalue weighted by molar-refractivity contribution is 5.80. The number of pyridine rings is 1. The van der Waals surface area contributed by atoms with Crippen molar-refractivity contribution >= 4 is 17.9 Å². The molecule has 3 rings (SSSR count). The van der Waals surface area contributed by atoms with E-state index in [1.807, 2.05) is 0 Å². The van der Waals surface area contributed by atoms with E-state index >= 15 is 0 Å². The molecule has 1 amide bonds. The highest BCUT2D eigenvalue weighted by atomic mass is 16.6. The standard InChI is InChI=1S/C23H36N4O4/c1-23(2,3)31-22(30)26-19(21(28)29)11-14-27-13-10-16(15-27)6-8-18-9-7-17-5-4-12-24-20(17)25-18/h7,9,16,19H,4-6,8,10-15H2,1-3H3,(H,24,25)(H,26,30)(H,28,29)/t16-,19?/m0/s1. The van der Waals surface area contributed by atoms with Crippen LogP contribution < -0.4 is 10.6 Å². The van der Waals surface area contributed by atoms with Gasteiger partial charge in [0.05, 0.1) is 0 Å². The van der Waals surface area contributed by atoms with Crippen molar-refractivity contribution in [3.05, 3.63) is 23.4 Å². The molecule has 3 heterocycles. The van der Waals surface area contributed by atoms with Crippen LogP contribution in [-0.2, 0) is 22.4 Å². The second-order valence-corrected chi connectivity index (χ2v) is 9.66. The number of fused-ring (bicyclic) bond motifs is 1. The van der Waals surface area contributed by atoms with Gasteiger partial charge in [-0.15, -0.1) is 0 Å². The summed E-state index contributed by atoms with van der Waals surface area (Å²) >= 11 is 0. The van der Waals surface area contributed by atoms with Crippen LogP contribution in [0.5, 0.6) is 0 Å². The molecule has 2 aliphatic rings. The predicted octanol–water partition coefficient (Wildman–Crippen LogP) is 3.06. The van der Waals surface area contributed by atoms with Crippen molar-refractivity contribution < 1.29 is 19.4 Å². The molecule has 0 radical (unpaired) electrons. The van der Waals surface area contributed by atoms with Crippen molar-refractivity contribution in [1.29, 1.82) is 0 Å². The number of aliphatic carboxylic acids is 1. The minimum absolute atomic E-state index is 0.360. The molecule has 172 valence electrons. The van der Waals surface area contributed by atoms with Crippen LogP contribution in [0.3, 0.4) is 0 Å². The number of carboxylic acid groups (broad SMARTS) is 1. The number of likely N-dealkylation sites (tertiary alicyclic amines) is 1. The lowest BCUT2D eigenvalue weighted by molar-refractivity contribution is -0.139. The summed E-state index contributed by atoms with van der Waals surface area (Å²) < 4.78 is 5.18. The Kier molecular flexibility index (Phi) is 7.75. The van der Waals surface area contributed by atoms with Crippen LogP contribution in [0.15, 0.2) is 12.1 Å². The quantitative estimate of drug-likeness (QED) is 0.580. The number of hydrogen-bond acceptors (Lipinski definition) is 6. The van der Waals surface area contributed by atoms with Gasteiger partial charge >= 0.3 is 12.1 Å².